The summed E-state index contributed by atoms with van der Waals surface area (Å²) in [6.07, 6.45) is 3.31. The molecule has 0 spiro atoms. The number of carbonyl (C=O) groups excluding carboxylic acids is 3. The number of aryl methyl sites for hydroxylation is 1. The first-order valence-electron chi connectivity index (χ1n) is 9.89. The predicted octanol–water partition coefficient (Wildman–Crippen LogP) is 2.61. The Morgan fingerprint density at radius 1 is 1.28 bits per heavy atom. The number of rotatable bonds is 8. The molecule has 29 heavy (non-hydrogen) atoms. The van der Waals surface area contributed by atoms with E-state index in [0.29, 0.717) is 24.3 Å². The van der Waals surface area contributed by atoms with Gasteiger partial charge in [-0.1, -0.05) is 18.9 Å². The average molecular weight is 408 g/mol. The lowest BCUT2D eigenvalue weighted by molar-refractivity contribution is -0.145. The van der Waals surface area contributed by atoms with E-state index in [-0.39, 0.29) is 36.8 Å². The van der Waals surface area contributed by atoms with Gasteiger partial charge < -0.3 is 15.0 Å². The second kappa shape index (κ2) is 8.88. The fourth-order valence-electron chi connectivity index (χ4n) is 3.83. The maximum Gasteiger partial charge on any atom is 0.328 e. The lowest BCUT2D eigenvalue weighted by Crippen LogP contribution is -2.44. The number of benzene rings is 1. The lowest BCUT2D eigenvalue weighted by Gasteiger charge is -2.26. The van der Waals surface area contributed by atoms with Crippen molar-refractivity contribution in [1.29, 1.82) is 0 Å². The van der Waals surface area contributed by atoms with Gasteiger partial charge in [0.15, 0.2) is 11.6 Å². The van der Waals surface area contributed by atoms with Gasteiger partial charge in [0, 0.05) is 31.0 Å². The molecule has 2 aliphatic rings. The van der Waals surface area contributed by atoms with Crippen molar-refractivity contribution in [2.24, 2.45) is 5.92 Å². The highest BCUT2D eigenvalue weighted by Crippen LogP contribution is 2.34. The molecule has 0 aromatic heterocycles. The summed E-state index contributed by atoms with van der Waals surface area (Å²) in [4.78, 5) is 38.2. The van der Waals surface area contributed by atoms with E-state index in [4.69, 9.17) is 4.74 Å². The molecular weight excluding hydrogens is 382 g/mol. The van der Waals surface area contributed by atoms with E-state index in [2.05, 4.69) is 5.32 Å². The van der Waals surface area contributed by atoms with Gasteiger partial charge in [0.2, 0.25) is 11.8 Å². The summed E-state index contributed by atoms with van der Waals surface area (Å²) in [5.41, 5.74) is 0.644. The van der Waals surface area contributed by atoms with Gasteiger partial charge in [0.25, 0.3) is 0 Å². The topological polar surface area (TPSA) is 75.7 Å². The second-order valence-corrected chi connectivity index (χ2v) is 7.96. The van der Waals surface area contributed by atoms with Crippen LogP contribution in [0.1, 0.15) is 49.7 Å². The zero-order chi connectivity index (χ0) is 21.1. The van der Waals surface area contributed by atoms with Crippen molar-refractivity contribution in [1.82, 2.24) is 10.2 Å². The quantitative estimate of drug-likeness (QED) is 0.671. The molecule has 8 heteroatoms. The highest BCUT2D eigenvalue weighted by atomic mass is 19.2. The molecular formula is C21H26F2N2O4. The van der Waals surface area contributed by atoms with Gasteiger partial charge in [0.1, 0.15) is 6.04 Å². The number of esters is 1. The Bertz CT molecular complexity index is 810. The van der Waals surface area contributed by atoms with Crippen LogP contribution in [-0.2, 0) is 25.7 Å². The van der Waals surface area contributed by atoms with E-state index >= 15 is 0 Å². The van der Waals surface area contributed by atoms with Crippen LogP contribution in [0.3, 0.4) is 0 Å². The third-order valence-corrected chi connectivity index (χ3v) is 5.55. The number of ether oxygens (including phenoxy) is 1. The number of halogens is 2. The van der Waals surface area contributed by atoms with Gasteiger partial charge in [-0.3, -0.25) is 9.59 Å². The minimum atomic E-state index is -0.978. The van der Waals surface area contributed by atoms with Gasteiger partial charge >= 0.3 is 5.97 Å². The summed E-state index contributed by atoms with van der Waals surface area (Å²) >= 11 is 0. The Morgan fingerprint density at radius 2 is 2.00 bits per heavy atom. The smallest absolute Gasteiger partial charge is 0.328 e. The predicted molar refractivity (Wildman–Crippen MR) is 101 cm³/mol. The molecule has 0 bridgehead atoms. The summed E-state index contributed by atoms with van der Waals surface area (Å²) in [7, 11) is 1.28. The first-order chi connectivity index (χ1) is 13.8. The molecule has 6 nitrogen and oxygen atoms in total. The van der Waals surface area contributed by atoms with Crippen molar-refractivity contribution < 1.29 is 27.9 Å². The van der Waals surface area contributed by atoms with Gasteiger partial charge in [-0.15, -0.1) is 0 Å². The molecule has 1 saturated heterocycles. The van der Waals surface area contributed by atoms with Crippen LogP contribution < -0.4 is 5.32 Å². The van der Waals surface area contributed by atoms with E-state index in [1.807, 2.05) is 0 Å². The maximum absolute atomic E-state index is 14.1. The zero-order valence-electron chi connectivity index (χ0n) is 16.7. The molecule has 1 heterocycles. The Hall–Kier alpha value is -2.51. The number of nitrogens with zero attached hydrogens (tertiary/aromatic N) is 1. The van der Waals surface area contributed by atoms with Gasteiger partial charge in [-0.25, -0.2) is 13.6 Å². The summed E-state index contributed by atoms with van der Waals surface area (Å²) in [6, 6.07) is 1.48. The SMILES string of the molecule is COC(=O)[C@H](CC1CC1)NC(=O)C[C@@H]1CCC(=O)N1Cc1cc(C)cc(F)c1F. The number of amides is 2. The molecule has 1 N–H and O–H groups in total. The van der Waals surface area contributed by atoms with Crippen LogP contribution in [0.4, 0.5) is 8.78 Å². The highest BCUT2D eigenvalue weighted by molar-refractivity contribution is 5.86. The molecule has 0 radical (unpaired) electrons. The molecule has 1 aliphatic carbocycles. The molecule has 1 aromatic carbocycles. The third kappa shape index (κ3) is 5.31. The van der Waals surface area contributed by atoms with E-state index < -0.39 is 29.7 Å². The van der Waals surface area contributed by atoms with Crippen molar-refractivity contribution in [2.45, 2.75) is 64.1 Å². The monoisotopic (exact) mass is 408 g/mol. The van der Waals surface area contributed by atoms with Gasteiger partial charge in [0.05, 0.1) is 7.11 Å². The summed E-state index contributed by atoms with van der Waals surface area (Å²) < 4.78 is 32.6. The lowest BCUT2D eigenvalue weighted by atomic mass is 10.1. The minimum absolute atomic E-state index is 0.000181. The minimum Gasteiger partial charge on any atom is -0.467 e. The van der Waals surface area contributed by atoms with Gasteiger partial charge in [-0.05, 0) is 37.3 Å². The fraction of sp³-hybridized carbons (Fsp3) is 0.571. The largest absolute Gasteiger partial charge is 0.467 e. The first kappa shape index (κ1) is 21.2. The van der Waals surface area contributed by atoms with Crippen molar-refractivity contribution >= 4 is 17.8 Å². The van der Waals surface area contributed by atoms with Crippen molar-refractivity contribution in [3.63, 3.8) is 0 Å². The van der Waals surface area contributed by atoms with Gasteiger partial charge in [-0.2, -0.15) is 0 Å². The number of nitrogens with one attached hydrogen (secondary N) is 1. The van der Waals surface area contributed by atoms with E-state index in [9.17, 15) is 23.2 Å². The molecule has 1 aromatic rings. The number of hydrogen-bond acceptors (Lipinski definition) is 4. The molecule has 2 atom stereocenters. The van der Waals surface area contributed by atoms with Crippen LogP contribution in [0, 0.1) is 24.5 Å². The summed E-state index contributed by atoms with van der Waals surface area (Å²) in [6.45, 7) is 1.55. The van der Waals surface area contributed by atoms with Crippen LogP contribution in [0.2, 0.25) is 0 Å². The second-order valence-electron chi connectivity index (χ2n) is 7.96. The molecule has 0 unspecified atom stereocenters. The normalized spacial score (nSPS) is 19.9. The third-order valence-electron chi connectivity index (χ3n) is 5.55. The number of likely N-dealkylation sites (tertiary alicyclic amines) is 1. The molecule has 3 rings (SSSR count). The van der Waals surface area contributed by atoms with E-state index in [1.165, 1.54) is 18.1 Å². The van der Waals surface area contributed by atoms with Crippen molar-refractivity contribution in [2.75, 3.05) is 7.11 Å². The first-order valence-corrected chi connectivity index (χ1v) is 9.89. The molecule has 2 fully saturated rings. The molecule has 1 aliphatic heterocycles. The van der Waals surface area contributed by atoms with Crippen LogP contribution in [0.25, 0.3) is 0 Å². The maximum atomic E-state index is 14.1. The van der Waals surface area contributed by atoms with Crippen LogP contribution >= 0.6 is 0 Å². The van der Waals surface area contributed by atoms with Crippen LogP contribution in [0.15, 0.2) is 12.1 Å². The molecule has 158 valence electrons. The van der Waals surface area contributed by atoms with Crippen molar-refractivity contribution in [3.05, 3.63) is 34.9 Å². The fourth-order valence-corrected chi connectivity index (χ4v) is 3.83. The van der Waals surface area contributed by atoms with Crippen LogP contribution in [0.5, 0.6) is 0 Å². The number of methoxy groups -OCH3 is 1. The number of hydrogen-bond donors (Lipinski definition) is 1. The Balaban J connectivity index is 1.65. The Labute approximate surface area is 168 Å². The summed E-state index contributed by atoms with van der Waals surface area (Å²) in [5.74, 6) is -2.56. The average Bonchev–Trinajstić information content (AvgIpc) is 3.43. The highest BCUT2D eigenvalue weighted by Gasteiger charge is 2.35. The molecule has 1 saturated carbocycles. The van der Waals surface area contributed by atoms with E-state index in [1.54, 1.807) is 6.92 Å². The standard InChI is InChI=1S/C21H26F2N2O4/c1-12-7-14(20(23)16(22)8-12)11-25-15(5-6-19(25)27)10-18(26)24-17(21(28)29-2)9-13-3-4-13/h7-8,13,15,17H,3-6,9-11H2,1-2H3,(H,24,26)/t15-,17-/m0/s1. The number of carbonyl (C=O) groups is 3. The Kier molecular flexibility index (Phi) is 6.49. The van der Waals surface area contributed by atoms with Crippen LogP contribution in [-0.4, -0.2) is 41.9 Å². The van der Waals surface area contributed by atoms with Crippen molar-refractivity contribution in [3.8, 4) is 0 Å². The summed E-state index contributed by atoms with van der Waals surface area (Å²) in [5, 5.41) is 2.71. The zero-order valence-corrected chi connectivity index (χ0v) is 16.7. The van der Waals surface area contributed by atoms with E-state index in [0.717, 1.165) is 18.9 Å². The Morgan fingerprint density at radius 3 is 2.66 bits per heavy atom. The molecule has 2 amide bonds.